The number of rotatable bonds is 6. The molecule has 0 atom stereocenters. The van der Waals surface area contributed by atoms with Crippen LogP contribution in [0, 0.1) is 0 Å². The van der Waals surface area contributed by atoms with Crippen molar-refractivity contribution in [2.45, 2.75) is 10.6 Å². The molecule has 1 aliphatic heterocycles. The first-order chi connectivity index (χ1) is 14.4. The average molecular weight is 462 g/mol. The van der Waals surface area contributed by atoms with Crippen LogP contribution < -0.4 is 4.90 Å². The Morgan fingerprint density at radius 2 is 1.83 bits per heavy atom. The van der Waals surface area contributed by atoms with Crippen molar-refractivity contribution in [3.05, 3.63) is 54.1 Å². The van der Waals surface area contributed by atoms with Crippen LogP contribution in [0.15, 0.2) is 53.4 Å². The molecule has 2 heterocycles. The number of aromatic nitrogens is 1. The van der Waals surface area contributed by atoms with E-state index in [4.69, 9.17) is 0 Å². The number of carbonyl (C=O) groups is 1. The summed E-state index contributed by atoms with van der Waals surface area (Å²) >= 11 is 3.15. The fraction of sp³-hybridized carbons (Fsp3) is 0.333. The van der Waals surface area contributed by atoms with Crippen molar-refractivity contribution < 1.29 is 13.2 Å². The normalized spacial score (nSPS) is 15.0. The SMILES string of the molecule is CS(=O)(=O)c1ccc2nc(N3CCN(C(=O)CSCc4ccccc4)CC3)sc2c1. The van der Waals surface area contributed by atoms with Crippen LogP contribution in [0.4, 0.5) is 5.13 Å². The molecule has 1 amide bonds. The van der Waals surface area contributed by atoms with Gasteiger partial charge in [0.2, 0.25) is 5.91 Å². The Labute approximate surface area is 184 Å². The zero-order chi connectivity index (χ0) is 21.1. The monoisotopic (exact) mass is 461 g/mol. The maximum absolute atomic E-state index is 12.5. The molecule has 0 unspecified atom stereocenters. The minimum Gasteiger partial charge on any atom is -0.345 e. The summed E-state index contributed by atoms with van der Waals surface area (Å²) in [6.07, 6.45) is 1.21. The minimum atomic E-state index is -3.23. The number of anilines is 1. The van der Waals surface area contributed by atoms with Gasteiger partial charge in [-0.1, -0.05) is 41.7 Å². The van der Waals surface area contributed by atoms with Gasteiger partial charge in [0.1, 0.15) is 0 Å². The zero-order valence-corrected chi connectivity index (χ0v) is 19.1. The van der Waals surface area contributed by atoms with Crippen LogP contribution in [0.1, 0.15) is 5.56 Å². The van der Waals surface area contributed by atoms with Gasteiger partial charge < -0.3 is 9.80 Å². The number of carbonyl (C=O) groups excluding carboxylic acids is 1. The molecule has 30 heavy (non-hydrogen) atoms. The highest BCUT2D eigenvalue weighted by atomic mass is 32.2. The van der Waals surface area contributed by atoms with Crippen LogP contribution in [-0.4, -0.2) is 62.4 Å². The Balaban J connectivity index is 1.32. The second-order valence-corrected chi connectivity index (χ2v) is 11.3. The van der Waals surface area contributed by atoms with E-state index in [-0.39, 0.29) is 5.91 Å². The van der Waals surface area contributed by atoms with Crippen LogP contribution in [0.25, 0.3) is 10.2 Å². The van der Waals surface area contributed by atoms with Gasteiger partial charge in [-0.2, -0.15) is 0 Å². The summed E-state index contributed by atoms with van der Waals surface area (Å²) in [5.74, 6) is 1.51. The van der Waals surface area contributed by atoms with Gasteiger partial charge in [0.05, 0.1) is 20.9 Å². The molecule has 0 aliphatic carbocycles. The lowest BCUT2D eigenvalue weighted by molar-refractivity contribution is -0.128. The Bertz CT molecular complexity index is 1140. The van der Waals surface area contributed by atoms with Crippen LogP contribution in [0.2, 0.25) is 0 Å². The number of hydrogen-bond acceptors (Lipinski definition) is 7. The number of fused-ring (bicyclic) bond motifs is 1. The number of thioether (sulfide) groups is 1. The van der Waals surface area contributed by atoms with Crippen LogP contribution >= 0.6 is 23.1 Å². The maximum Gasteiger partial charge on any atom is 0.232 e. The minimum absolute atomic E-state index is 0.178. The summed E-state index contributed by atoms with van der Waals surface area (Å²) in [4.78, 5) is 21.6. The highest BCUT2D eigenvalue weighted by Gasteiger charge is 2.23. The lowest BCUT2D eigenvalue weighted by Gasteiger charge is -2.34. The molecule has 0 N–H and O–H groups in total. The highest BCUT2D eigenvalue weighted by Crippen LogP contribution is 2.31. The van der Waals surface area contributed by atoms with Gasteiger partial charge in [-0.25, -0.2) is 13.4 Å². The molecule has 0 radical (unpaired) electrons. The Morgan fingerprint density at radius 3 is 2.53 bits per heavy atom. The van der Waals surface area contributed by atoms with Crippen LogP contribution in [0.5, 0.6) is 0 Å². The zero-order valence-electron chi connectivity index (χ0n) is 16.7. The number of hydrogen-bond donors (Lipinski definition) is 0. The highest BCUT2D eigenvalue weighted by molar-refractivity contribution is 7.99. The van der Waals surface area contributed by atoms with E-state index in [1.807, 2.05) is 23.1 Å². The number of thiazole rings is 1. The lowest BCUT2D eigenvalue weighted by atomic mass is 10.2. The van der Waals surface area contributed by atoms with Gasteiger partial charge in [-0.3, -0.25) is 4.79 Å². The van der Waals surface area contributed by atoms with Gasteiger partial charge in [0, 0.05) is 38.2 Å². The van der Waals surface area contributed by atoms with E-state index in [1.165, 1.54) is 23.2 Å². The molecule has 0 spiro atoms. The van der Waals surface area contributed by atoms with E-state index < -0.39 is 9.84 Å². The first-order valence-corrected chi connectivity index (χ1v) is 13.5. The number of nitrogens with zero attached hydrogens (tertiary/aromatic N) is 3. The smallest absolute Gasteiger partial charge is 0.232 e. The number of amides is 1. The Hall–Kier alpha value is -2.10. The maximum atomic E-state index is 12.5. The van der Waals surface area contributed by atoms with Gasteiger partial charge in [0.15, 0.2) is 15.0 Å². The molecule has 6 nitrogen and oxygen atoms in total. The third kappa shape index (κ3) is 4.96. The average Bonchev–Trinajstić information content (AvgIpc) is 3.17. The number of sulfone groups is 1. The van der Waals surface area contributed by atoms with Crippen molar-refractivity contribution in [1.82, 2.24) is 9.88 Å². The third-order valence-electron chi connectivity index (χ3n) is 5.02. The molecule has 4 rings (SSSR count). The molecule has 1 saturated heterocycles. The predicted octanol–water partition coefficient (Wildman–Crippen LogP) is 3.28. The lowest BCUT2D eigenvalue weighted by Crippen LogP contribution is -2.49. The van der Waals surface area contributed by atoms with Crippen LogP contribution in [0.3, 0.4) is 0 Å². The van der Waals surface area contributed by atoms with Crippen molar-refractivity contribution in [2.75, 3.05) is 43.1 Å². The molecule has 1 aromatic heterocycles. The number of benzene rings is 2. The van der Waals surface area contributed by atoms with Gasteiger partial charge >= 0.3 is 0 Å². The van der Waals surface area contributed by atoms with Crippen molar-refractivity contribution in [3.8, 4) is 0 Å². The first-order valence-electron chi connectivity index (χ1n) is 9.65. The largest absolute Gasteiger partial charge is 0.345 e. The fourth-order valence-corrected chi connectivity index (χ4v) is 5.99. The first kappa shape index (κ1) is 21.1. The summed E-state index contributed by atoms with van der Waals surface area (Å²) in [5, 5.41) is 0.876. The molecule has 0 bridgehead atoms. The summed E-state index contributed by atoms with van der Waals surface area (Å²) in [6, 6.07) is 15.2. The summed E-state index contributed by atoms with van der Waals surface area (Å²) < 4.78 is 24.4. The fourth-order valence-electron chi connectivity index (χ4n) is 3.33. The molecule has 3 aromatic rings. The van der Waals surface area contributed by atoms with Gasteiger partial charge in [0.25, 0.3) is 0 Å². The van der Waals surface area contributed by atoms with E-state index in [9.17, 15) is 13.2 Å². The molecule has 1 aliphatic rings. The second kappa shape index (κ2) is 8.95. The molecular weight excluding hydrogens is 438 g/mol. The molecule has 2 aromatic carbocycles. The Morgan fingerprint density at radius 1 is 1.10 bits per heavy atom. The predicted molar refractivity (Wildman–Crippen MR) is 124 cm³/mol. The van der Waals surface area contributed by atoms with Crippen LogP contribution in [-0.2, 0) is 20.4 Å². The topological polar surface area (TPSA) is 70.6 Å². The molecule has 1 fully saturated rings. The summed E-state index contributed by atoms with van der Waals surface area (Å²) in [5.41, 5.74) is 2.04. The molecule has 9 heteroatoms. The van der Waals surface area contributed by atoms with E-state index >= 15 is 0 Å². The quantitative estimate of drug-likeness (QED) is 0.561. The second-order valence-electron chi connectivity index (χ2n) is 7.24. The molecule has 158 valence electrons. The van der Waals surface area contributed by atoms with E-state index in [1.54, 1.807) is 30.0 Å². The third-order valence-corrected chi connectivity index (χ3v) is 8.19. The van der Waals surface area contributed by atoms with Gasteiger partial charge in [-0.05, 0) is 23.8 Å². The molecular formula is C21H23N3O3S3. The van der Waals surface area contributed by atoms with Crippen molar-refractivity contribution in [2.24, 2.45) is 0 Å². The Kier molecular flexibility index (Phi) is 6.31. The standard InChI is InChI=1S/C21H23N3O3S3/c1-30(26,27)17-7-8-18-19(13-17)29-21(22-18)24-11-9-23(10-12-24)20(25)15-28-14-16-5-3-2-4-6-16/h2-8,13H,9-12,14-15H2,1H3. The summed E-state index contributed by atoms with van der Waals surface area (Å²) in [7, 11) is -3.23. The van der Waals surface area contributed by atoms with Crippen molar-refractivity contribution in [3.63, 3.8) is 0 Å². The summed E-state index contributed by atoms with van der Waals surface area (Å²) in [6.45, 7) is 2.81. The van der Waals surface area contributed by atoms with Crippen molar-refractivity contribution >= 4 is 54.2 Å². The molecule has 0 saturated carbocycles. The van der Waals surface area contributed by atoms with Crippen molar-refractivity contribution in [1.29, 1.82) is 0 Å². The van der Waals surface area contributed by atoms with E-state index in [0.717, 1.165) is 34.2 Å². The van der Waals surface area contributed by atoms with E-state index in [0.29, 0.717) is 23.7 Å². The number of piperazine rings is 1. The van der Waals surface area contributed by atoms with Gasteiger partial charge in [-0.15, -0.1) is 11.8 Å². The van der Waals surface area contributed by atoms with E-state index in [2.05, 4.69) is 22.0 Å².